The van der Waals surface area contributed by atoms with Crippen molar-refractivity contribution in [3.8, 4) is 0 Å². The topological polar surface area (TPSA) is 30.8 Å². The van der Waals surface area contributed by atoms with Crippen LogP contribution in [0.2, 0.25) is 0 Å². The minimum Gasteiger partial charge on any atom is -0.479 e. The first-order chi connectivity index (χ1) is 5.31. The third kappa shape index (κ3) is 7.16. The maximum atomic E-state index is 5.16. The van der Waals surface area contributed by atoms with Gasteiger partial charge in [0.15, 0.2) is 0 Å². The van der Waals surface area contributed by atoms with Crippen LogP contribution in [0.25, 0.3) is 0 Å². The number of rotatable bonds is 5. The average Bonchev–Trinajstić information content (AvgIpc) is 2.01. The van der Waals surface area contributed by atoms with E-state index in [2.05, 4.69) is 12.1 Å². The average molecular weight is 159 g/mol. The first-order valence-corrected chi connectivity index (χ1v) is 4.10. The van der Waals surface area contributed by atoms with Gasteiger partial charge in [-0.1, -0.05) is 19.0 Å². The predicted molar refractivity (Wildman–Crippen MR) is 45.6 cm³/mol. The highest BCUT2D eigenvalue weighted by Crippen LogP contribution is 1.87. The molecule has 0 aliphatic rings. The van der Waals surface area contributed by atoms with Crippen LogP contribution in [-0.2, 0) is 9.57 Å². The molecule has 0 unspecified atom stereocenters. The molecule has 0 saturated carbocycles. The van der Waals surface area contributed by atoms with Crippen molar-refractivity contribution in [1.29, 1.82) is 0 Å². The molecule has 0 amide bonds. The molecule has 0 aromatic rings. The molecule has 0 heterocycles. The molecule has 3 nitrogen and oxygen atoms in total. The number of hydrogen-bond acceptors (Lipinski definition) is 3. The molecule has 0 aromatic carbocycles. The lowest BCUT2D eigenvalue weighted by molar-refractivity contribution is 0.132. The van der Waals surface area contributed by atoms with Crippen LogP contribution in [0.4, 0.5) is 0 Å². The SMILES string of the molecule is CCCO/N=C(\C)OCCC. The summed E-state index contributed by atoms with van der Waals surface area (Å²) < 4.78 is 5.16. The lowest BCUT2D eigenvalue weighted by Gasteiger charge is -2.02. The van der Waals surface area contributed by atoms with Gasteiger partial charge in [0.2, 0.25) is 5.90 Å². The smallest absolute Gasteiger partial charge is 0.222 e. The Hall–Kier alpha value is -0.730. The van der Waals surface area contributed by atoms with Crippen LogP contribution >= 0.6 is 0 Å². The standard InChI is InChI=1S/C8H17NO2/c1-4-6-10-8(3)9-11-7-5-2/h4-7H2,1-3H3/b9-8+. The molecule has 3 heteroatoms. The number of nitrogens with zero attached hydrogens (tertiary/aromatic N) is 1. The summed E-state index contributed by atoms with van der Waals surface area (Å²) in [4.78, 5) is 4.90. The Morgan fingerprint density at radius 2 is 1.82 bits per heavy atom. The zero-order chi connectivity index (χ0) is 8.53. The van der Waals surface area contributed by atoms with Gasteiger partial charge in [-0.2, -0.15) is 0 Å². The summed E-state index contributed by atoms with van der Waals surface area (Å²) in [5.41, 5.74) is 0. The quantitative estimate of drug-likeness (QED) is 0.266. The molecule has 0 fully saturated rings. The van der Waals surface area contributed by atoms with Crippen LogP contribution in [0.5, 0.6) is 0 Å². The van der Waals surface area contributed by atoms with Crippen molar-refractivity contribution in [2.45, 2.75) is 33.6 Å². The van der Waals surface area contributed by atoms with Crippen LogP contribution in [-0.4, -0.2) is 19.1 Å². The van der Waals surface area contributed by atoms with E-state index in [1.165, 1.54) is 0 Å². The summed E-state index contributed by atoms with van der Waals surface area (Å²) in [6.45, 7) is 7.26. The van der Waals surface area contributed by atoms with E-state index < -0.39 is 0 Å². The largest absolute Gasteiger partial charge is 0.479 e. The van der Waals surface area contributed by atoms with Crippen molar-refractivity contribution in [3.05, 3.63) is 0 Å². The summed E-state index contributed by atoms with van der Waals surface area (Å²) in [6.07, 6.45) is 1.98. The van der Waals surface area contributed by atoms with Crippen molar-refractivity contribution in [2.24, 2.45) is 5.16 Å². The minimum absolute atomic E-state index is 0.611. The fourth-order valence-corrected chi connectivity index (χ4v) is 0.504. The van der Waals surface area contributed by atoms with Gasteiger partial charge in [0.1, 0.15) is 6.61 Å². The van der Waals surface area contributed by atoms with Crippen molar-refractivity contribution in [3.63, 3.8) is 0 Å². The highest BCUT2D eigenvalue weighted by atomic mass is 16.6. The lowest BCUT2D eigenvalue weighted by Crippen LogP contribution is -2.01. The normalized spacial score (nSPS) is 11.4. The zero-order valence-electron chi connectivity index (χ0n) is 7.59. The van der Waals surface area contributed by atoms with E-state index in [1.807, 2.05) is 6.92 Å². The zero-order valence-corrected chi connectivity index (χ0v) is 7.59. The molecule has 0 aliphatic heterocycles. The van der Waals surface area contributed by atoms with Gasteiger partial charge in [0, 0.05) is 6.92 Å². The van der Waals surface area contributed by atoms with Crippen LogP contribution < -0.4 is 0 Å². The van der Waals surface area contributed by atoms with Crippen molar-refractivity contribution < 1.29 is 9.57 Å². The molecular formula is C8H17NO2. The maximum absolute atomic E-state index is 5.16. The molecule has 0 rings (SSSR count). The monoisotopic (exact) mass is 159 g/mol. The van der Waals surface area contributed by atoms with Crippen molar-refractivity contribution in [2.75, 3.05) is 13.2 Å². The highest BCUT2D eigenvalue weighted by molar-refractivity contribution is 5.72. The van der Waals surface area contributed by atoms with Gasteiger partial charge in [-0.05, 0) is 12.8 Å². The third-order valence-corrected chi connectivity index (χ3v) is 1.00. The first-order valence-electron chi connectivity index (χ1n) is 4.10. The van der Waals surface area contributed by atoms with E-state index >= 15 is 0 Å². The molecule has 0 N–H and O–H groups in total. The summed E-state index contributed by atoms with van der Waals surface area (Å²) in [7, 11) is 0. The molecule has 0 aliphatic carbocycles. The van der Waals surface area contributed by atoms with E-state index in [9.17, 15) is 0 Å². The molecule has 0 atom stereocenters. The van der Waals surface area contributed by atoms with Gasteiger partial charge in [-0.15, -0.1) is 0 Å². The Balaban J connectivity index is 3.30. The maximum Gasteiger partial charge on any atom is 0.222 e. The predicted octanol–water partition coefficient (Wildman–Crippen LogP) is 2.17. The van der Waals surface area contributed by atoms with Crippen LogP contribution in [0.1, 0.15) is 33.6 Å². The second kappa shape index (κ2) is 7.38. The van der Waals surface area contributed by atoms with Gasteiger partial charge < -0.3 is 9.57 Å². The Morgan fingerprint density at radius 1 is 1.18 bits per heavy atom. The van der Waals surface area contributed by atoms with E-state index in [4.69, 9.17) is 9.57 Å². The van der Waals surface area contributed by atoms with Crippen LogP contribution in [0, 0.1) is 0 Å². The molecule has 66 valence electrons. The Morgan fingerprint density at radius 3 is 2.36 bits per heavy atom. The second-order valence-electron chi connectivity index (χ2n) is 2.29. The third-order valence-electron chi connectivity index (χ3n) is 1.00. The fraction of sp³-hybridized carbons (Fsp3) is 0.875. The summed E-state index contributed by atoms with van der Waals surface area (Å²) in [5.74, 6) is 0.611. The number of oxime groups is 1. The van der Waals surface area contributed by atoms with E-state index in [-0.39, 0.29) is 0 Å². The molecule has 0 spiro atoms. The van der Waals surface area contributed by atoms with Crippen LogP contribution in [0.15, 0.2) is 5.16 Å². The minimum atomic E-state index is 0.611. The molecule has 0 radical (unpaired) electrons. The van der Waals surface area contributed by atoms with Gasteiger partial charge in [-0.25, -0.2) is 0 Å². The molecule has 11 heavy (non-hydrogen) atoms. The Bertz CT molecular complexity index is 113. The summed E-state index contributed by atoms with van der Waals surface area (Å²) >= 11 is 0. The molecule has 0 bridgehead atoms. The number of hydrogen-bond donors (Lipinski definition) is 0. The van der Waals surface area contributed by atoms with E-state index in [1.54, 1.807) is 6.92 Å². The van der Waals surface area contributed by atoms with Gasteiger partial charge in [-0.3, -0.25) is 0 Å². The van der Waals surface area contributed by atoms with Gasteiger partial charge in [0.25, 0.3) is 0 Å². The van der Waals surface area contributed by atoms with E-state index in [0.717, 1.165) is 12.8 Å². The lowest BCUT2D eigenvalue weighted by atomic mass is 10.5. The fourth-order valence-electron chi connectivity index (χ4n) is 0.504. The van der Waals surface area contributed by atoms with Crippen LogP contribution in [0.3, 0.4) is 0 Å². The highest BCUT2D eigenvalue weighted by Gasteiger charge is 1.89. The van der Waals surface area contributed by atoms with Gasteiger partial charge >= 0.3 is 0 Å². The second-order valence-corrected chi connectivity index (χ2v) is 2.29. The Kier molecular flexibility index (Phi) is 6.89. The summed E-state index contributed by atoms with van der Waals surface area (Å²) in [5, 5.41) is 3.75. The van der Waals surface area contributed by atoms with Crippen molar-refractivity contribution in [1.82, 2.24) is 0 Å². The molecule has 0 saturated heterocycles. The summed E-state index contributed by atoms with van der Waals surface area (Å²) in [6, 6.07) is 0. The number of ether oxygens (including phenoxy) is 1. The molecule has 0 aromatic heterocycles. The Labute approximate surface area is 68.4 Å². The molecular weight excluding hydrogens is 142 g/mol. The van der Waals surface area contributed by atoms with Crippen molar-refractivity contribution >= 4 is 5.90 Å². The van der Waals surface area contributed by atoms with E-state index in [0.29, 0.717) is 19.1 Å². The first kappa shape index (κ1) is 10.3. The van der Waals surface area contributed by atoms with Gasteiger partial charge in [0.05, 0.1) is 6.61 Å².